The molecule has 65 heavy (non-hydrogen) atoms. The van der Waals surface area contributed by atoms with Crippen molar-refractivity contribution in [2.24, 2.45) is 11.8 Å². The number of fused-ring (bicyclic) bond motifs is 2. The molecule has 2 aliphatic carbocycles. The van der Waals surface area contributed by atoms with Gasteiger partial charge in [0.2, 0.25) is 0 Å². The third-order valence-corrected chi connectivity index (χ3v) is 9.66. The molecule has 0 aliphatic heterocycles. The molecule has 348 valence electrons. The number of amides is 2. The first-order valence-corrected chi connectivity index (χ1v) is 20.8. The molecule has 14 heteroatoms. The van der Waals surface area contributed by atoms with Crippen LogP contribution in [0.15, 0.2) is 97.1 Å². The van der Waals surface area contributed by atoms with Crippen molar-refractivity contribution in [1.29, 1.82) is 0 Å². The van der Waals surface area contributed by atoms with Crippen LogP contribution >= 0.6 is 0 Å². The zero-order chi connectivity index (χ0) is 48.8. The van der Waals surface area contributed by atoms with Gasteiger partial charge in [-0.05, 0) is 91.5 Å². The number of carbonyl (C=O) groups excluding carboxylic acids is 9. The average molecular weight is 895 g/mol. The number of ether oxygens (including phenoxy) is 3. The summed E-state index contributed by atoms with van der Waals surface area (Å²) < 4.78 is 14.8. The first kappa shape index (κ1) is 52.4. The van der Waals surface area contributed by atoms with E-state index in [-0.39, 0.29) is 37.9 Å². The number of benzene rings is 4. The van der Waals surface area contributed by atoms with Gasteiger partial charge in [-0.25, -0.2) is 9.59 Å². The van der Waals surface area contributed by atoms with Gasteiger partial charge in [-0.3, -0.25) is 28.8 Å². The van der Waals surface area contributed by atoms with Gasteiger partial charge in [0.1, 0.15) is 29.8 Å². The van der Waals surface area contributed by atoms with Gasteiger partial charge in [0.15, 0.2) is 34.7 Å². The third kappa shape index (κ3) is 14.5. The van der Waals surface area contributed by atoms with Crippen molar-refractivity contribution in [1.82, 2.24) is 10.6 Å². The summed E-state index contributed by atoms with van der Waals surface area (Å²) in [5.41, 5.74) is 2.75. The number of alkyl carbamates (subject to hydrolysis) is 2. The maximum atomic E-state index is 13.3. The normalized spacial score (nSPS) is 15.8. The molecule has 0 saturated carbocycles. The van der Waals surface area contributed by atoms with Crippen molar-refractivity contribution in [3.05, 3.63) is 142 Å². The van der Waals surface area contributed by atoms with Gasteiger partial charge in [0.05, 0.1) is 12.1 Å². The molecule has 0 saturated heterocycles. The highest BCUT2D eigenvalue weighted by atomic mass is 16.6. The smallest absolute Gasteiger partial charge is 0.408 e. The van der Waals surface area contributed by atoms with Crippen molar-refractivity contribution in [3.63, 3.8) is 0 Å². The zero-order valence-corrected chi connectivity index (χ0v) is 38.6. The van der Waals surface area contributed by atoms with E-state index in [0.717, 1.165) is 22.3 Å². The van der Waals surface area contributed by atoms with Crippen molar-refractivity contribution in [2.75, 3.05) is 14.2 Å². The molecule has 0 bridgehead atoms. The monoisotopic (exact) mass is 894 g/mol. The van der Waals surface area contributed by atoms with E-state index >= 15 is 0 Å². The summed E-state index contributed by atoms with van der Waals surface area (Å²) in [5, 5.41) is 5.13. The van der Waals surface area contributed by atoms with Crippen LogP contribution in [0.1, 0.15) is 108 Å². The van der Waals surface area contributed by atoms with Crippen molar-refractivity contribution in [2.45, 2.75) is 91.5 Å². The fraction of sp³-hybridized carbons (Fsp3) is 0.353. The number of hydrogen-bond acceptors (Lipinski definition) is 12. The number of rotatable bonds is 10. The van der Waals surface area contributed by atoms with Crippen LogP contribution in [0.3, 0.4) is 0 Å². The molecule has 4 aromatic rings. The Labute approximate surface area is 382 Å². The number of nitrogens with one attached hydrogen (secondary N) is 2. The number of ketones is 6. The molecular weight excluding hydrogens is 833 g/mol. The lowest BCUT2D eigenvalue weighted by Crippen LogP contribution is -2.48. The van der Waals surface area contributed by atoms with Crippen LogP contribution in [-0.2, 0) is 41.4 Å². The molecule has 0 radical (unpaired) electrons. The van der Waals surface area contributed by atoms with Gasteiger partial charge in [-0.15, -0.1) is 0 Å². The summed E-state index contributed by atoms with van der Waals surface area (Å²) in [5.74, 6) is -6.26. The second-order valence-corrected chi connectivity index (χ2v) is 17.4. The quantitative estimate of drug-likeness (QED) is 0.146. The predicted molar refractivity (Wildman–Crippen MR) is 248 cm³/mol. The Morgan fingerprint density at radius 2 is 0.831 bits per heavy atom. The van der Waals surface area contributed by atoms with E-state index < -0.39 is 82.0 Å². The largest absolute Gasteiger partial charge is 0.444 e. The molecule has 0 aromatic heterocycles. The van der Waals surface area contributed by atoms with E-state index in [9.17, 15) is 38.4 Å². The molecule has 0 heterocycles. The highest BCUT2D eigenvalue weighted by Gasteiger charge is 2.47. The number of methoxy groups -OCH3 is 1. The lowest BCUT2D eigenvalue weighted by molar-refractivity contribution is -0.123. The molecule has 4 aromatic carbocycles. The van der Waals surface area contributed by atoms with Gasteiger partial charge < -0.3 is 29.6 Å². The average Bonchev–Trinajstić information content (AvgIpc) is 3.62. The first-order valence-electron chi connectivity index (χ1n) is 20.8. The molecule has 0 spiro atoms. The molecule has 14 nitrogen and oxygen atoms in total. The standard InChI is InChI=1S/2C24H25NO5.C2H6O.CH2O.2H2/c2*1-14-10-11-16-17(12-14)21(27)19(20(16)26)22(28)18(13-15-8-6-5-7-9-15)25-23(29)30-24(2,3)4;1-3-2;1-2;;/h2*5-12,18-19H,13H2,1-4H3,(H,25,29);1-2H3;1H2;2*1H/t2*18-,19?;;;;/m00..../s1. The highest BCUT2D eigenvalue weighted by Crippen LogP contribution is 2.31. The Kier molecular flexibility index (Phi) is 18.7. The molecule has 2 aliphatic rings. The number of carbonyl (C=O) groups is 9. The number of aryl methyl sites for hydroxylation is 2. The zero-order valence-electron chi connectivity index (χ0n) is 38.6. The van der Waals surface area contributed by atoms with E-state index in [4.69, 9.17) is 14.3 Å². The van der Waals surface area contributed by atoms with E-state index in [2.05, 4.69) is 15.4 Å². The lowest BCUT2D eigenvalue weighted by Gasteiger charge is -2.24. The van der Waals surface area contributed by atoms with Crippen LogP contribution in [0, 0.1) is 25.7 Å². The SMILES string of the molecule is C=O.COC.Cc1ccc2c(c1)C(=O)C(C(=O)[C@H](Cc1ccccc1)NC(=O)OC(C)(C)C)C2=O.Cc1ccc2c(c1)C(=O)C(C(=O)[C@H](Cc1ccccc1)NC(=O)OC(C)(C)C)C2=O.[HH].[HH]. The van der Waals surface area contributed by atoms with E-state index in [1.54, 1.807) is 92.2 Å². The minimum absolute atomic E-state index is 0. The fourth-order valence-corrected chi connectivity index (χ4v) is 6.98. The summed E-state index contributed by atoms with van der Waals surface area (Å²) in [6.07, 6.45) is -1.26. The van der Waals surface area contributed by atoms with Crippen LogP contribution in [0.4, 0.5) is 9.59 Å². The maximum Gasteiger partial charge on any atom is 0.408 e. The van der Waals surface area contributed by atoms with Gasteiger partial charge >= 0.3 is 12.2 Å². The molecule has 2 unspecified atom stereocenters. The van der Waals surface area contributed by atoms with Crippen molar-refractivity contribution in [3.8, 4) is 0 Å². The van der Waals surface area contributed by atoms with Crippen LogP contribution < -0.4 is 10.6 Å². The lowest BCUT2D eigenvalue weighted by atomic mass is 9.90. The predicted octanol–water partition coefficient (Wildman–Crippen LogP) is 7.96. The third-order valence-electron chi connectivity index (χ3n) is 9.66. The van der Waals surface area contributed by atoms with Crippen LogP contribution in [0.25, 0.3) is 0 Å². The van der Waals surface area contributed by atoms with Gasteiger partial charge in [-0.2, -0.15) is 0 Å². The van der Waals surface area contributed by atoms with Gasteiger partial charge in [0.25, 0.3) is 0 Å². The summed E-state index contributed by atoms with van der Waals surface area (Å²) in [6, 6.07) is 25.9. The Balaban J connectivity index is 0.000000595. The van der Waals surface area contributed by atoms with Crippen LogP contribution in [0.5, 0.6) is 0 Å². The van der Waals surface area contributed by atoms with E-state index in [1.165, 1.54) is 0 Å². The molecule has 6 rings (SSSR count). The number of hydrogen-bond donors (Lipinski definition) is 2. The Morgan fingerprint density at radius 1 is 0.538 bits per heavy atom. The Hall–Kier alpha value is -6.93. The molecular formula is C51H62N2O12. The summed E-state index contributed by atoms with van der Waals surface area (Å²) >= 11 is 0. The van der Waals surface area contributed by atoms with E-state index in [1.807, 2.05) is 81.3 Å². The second kappa shape index (κ2) is 23.1. The van der Waals surface area contributed by atoms with Crippen LogP contribution in [0.2, 0.25) is 0 Å². The summed E-state index contributed by atoms with van der Waals surface area (Å²) in [7, 11) is 3.25. The Bertz CT molecular complexity index is 2230. The minimum Gasteiger partial charge on any atom is -0.444 e. The minimum atomic E-state index is -1.45. The second-order valence-electron chi connectivity index (χ2n) is 17.4. The summed E-state index contributed by atoms with van der Waals surface area (Å²) in [6.45, 7) is 15.9. The van der Waals surface area contributed by atoms with Crippen LogP contribution in [-0.4, -0.2) is 91.2 Å². The van der Waals surface area contributed by atoms with Crippen molar-refractivity contribution < 1.29 is 60.2 Å². The molecule has 4 atom stereocenters. The maximum absolute atomic E-state index is 13.3. The summed E-state index contributed by atoms with van der Waals surface area (Å²) in [4.78, 5) is 111. The Morgan fingerprint density at radius 3 is 1.12 bits per heavy atom. The molecule has 2 N–H and O–H groups in total. The topological polar surface area (TPSA) is 205 Å². The molecule has 2 amide bonds. The van der Waals surface area contributed by atoms with Crippen molar-refractivity contribution >= 4 is 53.7 Å². The van der Waals surface area contributed by atoms with Gasteiger partial charge in [-0.1, -0.05) is 96.1 Å². The van der Waals surface area contributed by atoms with E-state index in [0.29, 0.717) is 0 Å². The highest BCUT2D eigenvalue weighted by molar-refractivity contribution is 6.37. The first-order chi connectivity index (χ1) is 30.5. The van der Waals surface area contributed by atoms with Gasteiger partial charge in [0, 0.05) is 39.3 Å². The fourth-order valence-electron chi connectivity index (χ4n) is 6.98. The molecule has 0 fully saturated rings. The number of Topliss-reactive ketones (excluding diaryl/α,β-unsaturated/α-hetero) is 6.